The molecular formula is C23H29ClIN5O2. The number of carbonyl (C=O) groups excluding carboxylic acids is 2. The minimum atomic E-state index is -0.125. The molecule has 1 aliphatic heterocycles. The van der Waals surface area contributed by atoms with Crippen LogP contribution in [0.3, 0.4) is 0 Å². The molecule has 2 aromatic rings. The van der Waals surface area contributed by atoms with Crippen LogP contribution < -0.4 is 10.6 Å². The number of halogens is 2. The van der Waals surface area contributed by atoms with Gasteiger partial charge in [0.05, 0.1) is 13.1 Å². The summed E-state index contributed by atoms with van der Waals surface area (Å²) in [7, 11) is 1.61. The summed E-state index contributed by atoms with van der Waals surface area (Å²) in [5.74, 6) is 0.640. The smallest absolute Gasteiger partial charge is 0.251 e. The van der Waals surface area contributed by atoms with E-state index in [1.807, 2.05) is 59.2 Å². The molecule has 0 saturated carbocycles. The molecule has 7 nitrogen and oxygen atoms in total. The second-order valence-corrected chi connectivity index (χ2v) is 7.75. The van der Waals surface area contributed by atoms with E-state index in [0.29, 0.717) is 49.3 Å². The van der Waals surface area contributed by atoms with Crippen LogP contribution in [0.5, 0.6) is 0 Å². The highest BCUT2D eigenvalue weighted by atomic mass is 127. The summed E-state index contributed by atoms with van der Waals surface area (Å²) in [6, 6.07) is 15.0. The summed E-state index contributed by atoms with van der Waals surface area (Å²) >= 11 is 5.95. The predicted molar refractivity (Wildman–Crippen MR) is 139 cm³/mol. The number of benzene rings is 2. The molecule has 9 heteroatoms. The molecule has 0 atom stereocenters. The summed E-state index contributed by atoms with van der Waals surface area (Å²) in [5.41, 5.74) is 2.60. The number of nitrogens with one attached hydrogen (secondary N) is 2. The van der Waals surface area contributed by atoms with Crippen LogP contribution in [0.15, 0.2) is 53.5 Å². The molecular weight excluding hydrogens is 541 g/mol. The minimum Gasteiger partial charge on any atom is -0.356 e. The van der Waals surface area contributed by atoms with Crippen LogP contribution in [0.4, 0.5) is 0 Å². The fourth-order valence-corrected chi connectivity index (χ4v) is 3.54. The van der Waals surface area contributed by atoms with Crippen molar-refractivity contribution in [2.24, 2.45) is 4.99 Å². The van der Waals surface area contributed by atoms with Gasteiger partial charge in [0.25, 0.3) is 5.91 Å². The molecule has 3 rings (SSSR count). The number of aliphatic imine (C=N–C) groups is 1. The number of nitrogens with zero attached hydrogens (tertiary/aromatic N) is 3. The van der Waals surface area contributed by atoms with Crippen LogP contribution in [0.1, 0.15) is 28.4 Å². The molecule has 0 radical (unpaired) electrons. The van der Waals surface area contributed by atoms with Gasteiger partial charge in [-0.15, -0.1) is 24.0 Å². The van der Waals surface area contributed by atoms with Crippen molar-refractivity contribution in [1.29, 1.82) is 0 Å². The van der Waals surface area contributed by atoms with E-state index in [-0.39, 0.29) is 42.3 Å². The number of carbonyl (C=O) groups is 2. The lowest BCUT2D eigenvalue weighted by Crippen LogP contribution is -2.54. The third kappa shape index (κ3) is 7.09. The van der Waals surface area contributed by atoms with Gasteiger partial charge in [0.1, 0.15) is 0 Å². The SMILES string of the molecule is CCNC(=NCc1cccc(C(=O)NC)c1)N1CCN(Cc2ccc(Cl)cc2)C(=O)C1.I. The topological polar surface area (TPSA) is 77.0 Å². The van der Waals surface area contributed by atoms with E-state index in [1.165, 1.54) is 0 Å². The molecule has 172 valence electrons. The fourth-order valence-electron chi connectivity index (χ4n) is 3.41. The van der Waals surface area contributed by atoms with Gasteiger partial charge in [-0.2, -0.15) is 0 Å². The number of piperazine rings is 1. The molecule has 1 aliphatic rings. The van der Waals surface area contributed by atoms with E-state index in [1.54, 1.807) is 13.1 Å². The summed E-state index contributed by atoms with van der Waals surface area (Å²) in [4.78, 5) is 33.1. The third-order valence-corrected chi connectivity index (χ3v) is 5.32. The molecule has 0 unspecified atom stereocenters. The Kier molecular flexibility index (Phi) is 10.2. The molecule has 0 spiro atoms. The maximum atomic E-state index is 12.7. The molecule has 2 amide bonds. The van der Waals surface area contributed by atoms with E-state index in [9.17, 15) is 9.59 Å². The number of amides is 2. The van der Waals surface area contributed by atoms with E-state index in [0.717, 1.165) is 11.1 Å². The van der Waals surface area contributed by atoms with Gasteiger partial charge in [0.2, 0.25) is 5.91 Å². The average Bonchev–Trinajstić information content (AvgIpc) is 2.79. The zero-order valence-corrected chi connectivity index (χ0v) is 21.4. The largest absolute Gasteiger partial charge is 0.356 e. The van der Waals surface area contributed by atoms with Gasteiger partial charge in [0.15, 0.2) is 5.96 Å². The first-order chi connectivity index (χ1) is 15.0. The maximum Gasteiger partial charge on any atom is 0.251 e. The zero-order chi connectivity index (χ0) is 22.2. The minimum absolute atomic E-state index is 0. The Morgan fingerprint density at radius 2 is 1.88 bits per heavy atom. The quantitative estimate of drug-likeness (QED) is 0.319. The highest BCUT2D eigenvalue weighted by molar-refractivity contribution is 14.0. The summed E-state index contributed by atoms with van der Waals surface area (Å²) < 4.78 is 0. The van der Waals surface area contributed by atoms with Gasteiger partial charge < -0.3 is 20.4 Å². The van der Waals surface area contributed by atoms with Gasteiger partial charge >= 0.3 is 0 Å². The van der Waals surface area contributed by atoms with Crippen molar-refractivity contribution in [2.75, 3.05) is 33.2 Å². The fraction of sp³-hybridized carbons (Fsp3) is 0.348. The Bertz CT molecular complexity index is 952. The molecule has 1 saturated heterocycles. The summed E-state index contributed by atoms with van der Waals surface area (Å²) in [5, 5.41) is 6.59. The van der Waals surface area contributed by atoms with Crippen molar-refractivity contribution in [3.8, 4) is 0 Å². The van der Waals surface area contributed by atoms with Crippen molar-refractivity contribution in [2.45, 2.75) is 20.0 Å². The third-order valence-electron chi connectivity index (χ3n) is 5.07. The van der Waals surface area contributed by atoms with Gasteiger partial charge in [-0.3, -0.25) is 9.59 Å². The van der Waals surface area contributed by atoms with E-state index < -0.39 is 0 Å². The second kappa shape index (κ2) is 12.6. The first kappa shape index (κ1) is 25.9. The van der Waals surface area contributed by atoms with Gasteiger partial charge in [-0.05, 0) is 42.3 Å². The van der Waals surface area contributed by atoms with Crippen LogP contribution >= 0.6 is 35.6 Å². The highest BCUT2D eigenvalue weighted by Crippen LogP contribution is 2.14. The summed E-state index contributed by atoms with van der Waals surface area (Å²) in [6.07, 6.45) is 0. The lowest BCUT2D eigenvalue weighted by Gasteiger charge is -2.36. The Morgan fingerprint density at radius 1 is 1.12 bits per heavy atom. The van der Waals surface area contributed by atoms with Crippen molar-refractivity contribution in [1.82, 2.24) is 20.4 Å². The zero-order valence-electron chi connectivity index (χ0n) is 18.3. The number of hydrogen-bond acceptors (Lipinski definition) is 3. The monoisotopic (exact) mass is 569 g/mol. The molecule has 1 fully saturated rings. The van der Waals surface area contributed by atoms with E-state index in [2.05, 4.69) is 10.6 Å². The normalized spacial score (nSPS) is 14.1. The van der Waals surface area contributed by atoms with Crippen molar-refractivity contribution in [3.05, 3.63) is 70.2 Å². The molecule has 32 heavy (non-hydrogen) atoms. The molecule has 0 bridgehead atoms. The van der Waals surface area contributed by atoms with Crippen LogP contribution in [-0.2, 0) is 17.9 Å². The second-order valence-electron chi connectivity index (χ2n) is 7.31. The van der Waals surface area contributed by atoms with Gasteiger partial charge in [-0.25, -0.2) is 4.99 Å². The molecule has 0 aliphatic carbocycles. The highest BCUT2D eigenvalue weighted by Gasteiger charge is 2.26. The van der Waals surface area contributed by atoms with Gasteiger partial charge in [-0.1, -0.05) is 35.9 Å². The molecule has 0 aromatic heterocycles. The lowest BCUT2D eigenvalue weighted by molar-refractivity contribution is -0.135. The van der Waals surface area contributed by atoms with Crippen LogP contribution in [0.25, 0.3) is 0 Å². The Morgan fingerprint density at radius 3 is 2.53 bits per heavy atom. The van der Waals surface area contributed by atoms with Crippen LogP contribution in [-0.4, -0.2) is 60.8 Å². The molecule has 2 aromatic carbocycles. The van der Waals surface area contributed by atoms with Crippen LogP contribution in [0, 0.1) is 0 Å². The van der Waals surface area contributed by atoms with Crippen molar-refractivity contribution < 1.29 is 9.59 Å². The number of rotatable bonds is 6. The number of guanidine groups is 1. The van der Waals surface area contributed by atoms with Crippen molar-refractivity contribution >= 4 is 53.4 Å². The van der Waals surface area contributed by atoms with Crippen molar-refractivity contribution in [3.63, 3.8) is 0 Å². The molecule has 1 heterocycles. The average molecular weight is 570 g/mol. The maximum absolute atomic E-state index is 12.7. The Hall–Kier alpha value is -2.33. The van der Waals surface area contributed by atoms with Gasteiger partial charge in [0, 0.05) is 43.8 Å². The first-order valence-electron chi connectivity index (χ1n) is 10.4. The first-order valence-corrected chi connectivity index (χ1v) is 10.7. The van der Waals surface area contributed by atoms with E-state index >= 15 is 0 Å². The summed E-state index contributed by atoms with van der Waals surface area (Å²) in [6.45, 7) is 5.30. The van der Waals surface area contributed by atoms with Crippen LogP contribution in [0.2, 0.25) is 5.02 Å². The predicted octanol–water partition coefficient (Wildman–Crippen LogP) is 3.13. The number of hydrogen-bond donors (Lipinski definition) is 2. The Labute approximate surface area is 211 Å². The standard InChI is InChI=1S/C23H28ClN5O2.HI/c1-3-26-23(27-14-18-5-4-6-19(13-18)22(31)25-2)29-12-11-28(21(30)16-29)15-17-7-9-20(24)10-8-17;/h4-10,13H,3,11-12,14-16H2,1-2H3,(H,25,31)(H,26,27);1H. The molecule has 2 N–H and O–H groups in total. The Balaban J connectivity index is 0.00000363. The van der Waals surface area contributed by atoms with E-state index in [4.69, 9.17) is 16.6 Å². The lowest BCUT2D eigenvalue weighted by atomic mass is 10.1.